The lowest BCUT2D eigenvalue weighted by molar-refractivity contribution is 0.0994. The van der Waals surface area contributed by atoms with Crippen LogP contribution in [0.5, 0.6) is 0 Å². The standard InChI is InChI=1S/C16H18N2O/c1-3-17-15-12-8-7-11-14(15)16(19)18(2)13-9-5-4-6-10-13/h4-12,17H,3H2,1-2H3. The molecule has 0 spiro atoms. The molecule has 0 saturated heterocycles. The molecule has 3 nitrogen and oxygen atoms in total. The summed E-state index contributed by atoms with van der Waals surface area (Å²) >= 11 is 0. The van der Waals surface area contributed by atoms with Crippen LogP contribution in [-0.2, 0) is 0 Å². The highest BCUT2D eigenvalue weighted by molar-refractivity contribution is 6.09. The SMILES string of the molecule is CCNc1ccccc1C(=O)N(C)c1ccccc1. The lowest BCUT2D eigenvalue weighted by Gasteiger charge is -2.19. The normalized spacial score (nSPS) is 10.0. The van der Waals surface area contributed by atoms with Crippen molar-refractivity contribution < 1.29 is 4.79 Å². The molecule has 0 aliphatic heterocycles. The third-order valence-electron chi connectivity index (χ3n) is 2.97. The first-order valence-corrected chi connectivity index (χ1v) is 6.40. The summed E-state index contributed by atoms with van der Waals surface area (Å²) in [4.78, 5) is 14.2. The van der Waals surface area contributed by atoms with Gasteiger partial charge in [0.1, 0.15) is 0 Å². The van der Waals surface area contributed by atoms with Crippen molar-refractivity contribution in [1.82, 2.24) is 0 Å². The lowest BCUT2D eigenvalue weighted by atomic mass is 10.1. The van der Waals surface area contributed by atoms with Gasteiger partial charge >= 0.3 is 0 Å². The molecule has 0 radical (unpaired) electrons. The van der Waals surface area contributed by atoms with E-state index >= 15 is 0 Å². The van der Waals surface area contributed by atoms with Crippen molar-refractivity contribution in [3.63, 3.8) is 0 Å². The van der Waals surface area contributed by atoms with Crippen LogP contribution < -0.4 is 10.2 Å². The number of carbonyl (C=O) groups excluding carboxylic acids is 1. The van der Waals surface area contributed by atoms with Crippen LogP contribution in [0.3, 0.4) is 0 Å². The maximum absolute atomic E-state index is 12.5. The maximum Gasteiger partial charge on any atom is 0.260 e. The average molecular weight is 254 g/mol. The van der Waals surface area contributed by atoms with Gasteiger partial charge in [0.15, 0.2) is 0 Å². The first-order chi connectivity index (χ1) is 9.24. The van der Waals surface area contributed by atoms with Gasteiger partial charge in [-0.15, -0.1) is 0 Å². The number of carbonyl (C=O) groups is 1. The smallest absolute Gasteiger partial charge is 0.260 e. The van der Waals surface area contributed by atoms with Crippen LogP contribution >= 0.6 is 0 Å². The molecule has 0 aromatic heterocycles. The van der Waals surface area contributed by atoms with Crippen molar-refractivity contribution in [2.75, 3.05) is 23.8 Å². The van der Waals surface area contributed by atoms with E-state index < -0.39 is 0 Å². The Hall–Kier alpha value is -2.29. The molecule has 0 atom stereocenters. The van der Waals surface area contributed by atoms with Crippen LogP contribution in [0.4, 0.5) is 11.4 Å². The van der Waals surface area contributed by atoms with Crippen LogP contribution in [0.15, 0.2) is 54.6 Å². The molecule has 1 N–H and O–H groups in total. The summed E-state index contributed by atoms with van der Waals surface area (Å²) in [6.07, 6.45) is 0. The van der Waals surface area contributed by atoms with E-state index in [2.05, 4.69) is 5.32 Å². The van der Waals surface area contributed by atoms with Gasteiger partial charge in [-0.3, -0.25) is 4.79 Å². The first kappa shape index (κ1) is 13.1. The molecule has 0 heterocycles. The van der Waals surface area contributed by atoms with Gasteiger partial charge in [-0.1, -0.05) is 30.3 Å². The summed E-state index contributed by atoms with van der Waals surface area (Å²) < 4.78 is 0. The second-order valence-electron chi connectivity index (χ2n) is 4.28. The second kappa shape index (κ2) is 6.05. The van der Waals surface area contributed by atoms with Crippen molar-refractivity contribution in [2.45, 2.75) is 6.92 Å². The summed E-state index contributed by atoms with van der Waals surface area (Å²) in [5.74, 6) is -0.0113. The number of amides is 1. The van der Waals surface area contributed by atoms with Crippen LogP contribution in [-0.4, -0.2) is 19.5 Å². The predicted molar refractivity (Wildman–Crippen MR) is 79.8 cm³/mol. The van der Waals surface area contributed by atoms with Crippen molar-refractivity contribution in [3.8, 4) is 0 Å². The zero-order valence-electron chi connectivity index (χ0n) is 11.3. The fourth-order valence-electron chi connectivity index (χ4n) is 1.96. The summed E-state index contributed by atoms with van der Waals surface area (Å²) in [5, 5.41) is 3.22. The fourth-order valence-corrected chi connectivity index (χ4v) is 1.96. The minimum atomic E-state index is -0.0113. The Bertz CT molecular complexity index is 552. The summed E-state index contributed by atoms with van der Waals surface area (Å²) in [7, 11) is 1.79. The Kier molecular flexibility index (Phi) is 4.18. The van der Waals surface area contributed by atoms with Crippen molar-refractivity contribution in [1.29, 1.82) is 0 Å². The Morgan fingerprint density at radius 1 is 1.05 bits per heavy atom. The lowest BCUT2D eigenvalue weighted by Crippen LogP contribution is -2.27. The highest BCUT2D eigenvalue weighted by atomic mass is 16.2. The minimum absolute atomic E-state index is 0.0113. The molecule has 0 unspecified atom stereocenters. The topological polar surface area (TPSA) is 32.3 Å². The van der Waals surface area contributed by atoms with E-state index in [0.29, 0.717) is 5.56 Å². The molecular weight excluding hydrogens is 236 g/mol. The van der Waals surface area contributed by atoms with Gasteiger partial charge in [-0.25, -0.2) is 0 Å². The predicted octanol–water partition coefficient (Wildman–Crippen LogP) is 3.40. The maximum atomic E-state index is 12.5. The Morgan fingerprint density at radius 3 is 2.37 bits per heavy atom. The van der Waals surface area contributed by atoms with Gasteiger partial charge in [0.05, 0.1) is 5.56 Å². The quantitative estimate of drug-likeness (QED) is 0.907. The van der Waals surface area contributed by atoms with E-state index in [1.807, 2.05) is 61.5 Å². The average Bonchev–Trinajstić information content (AvgIpc) is 2.47. The fraction of sp³-hybridized carbons (Fsp3) is 0.188. The zero-order chi connectivity index (χ0) is 13.7. The molecule has 0 bridgehead atoms. The molecule has 0 aliphatic rings. The van der Waals surface area contributed by atoms with Crippen molar-refractivity contribution >= 4 is 17.3 Å². The number of hydrogen-bond donors (Lipinski definition) is 1. The molecule has 3 heteroatoms. The summed E-state index contributed by atoms with van der Waals surface area (Å²) in [5.41, 5.74) is 2.45. The van der Waals surface area contributed by atoms with Crippen LogP contribution in [0.2, 0.25) is 0 Å². The highest BCUT2D eigenvalue weighted by Gasteiger charge is 2.16. The van der Waals surface area contributed by atoms with Gasteiger partial charge in [0.2, 0.25) is 0 Å². The van der Waals surface area contributed by atoms with E-state index in [1.54, 1.807) is 11.9 Å². The number of anilines is 2. The third-order valence-corrected chi connectivity index (χ3v) is 2.97. The molecule has 1 amide bonds. The Labute approximate surface area is 113 Å². The third kappa shape index (κ3) is 2.94. The van der Waals surface area contributed by atoms with E-state index in [4.69, 9.17) is 0 Å². The number of benzene rings is 2. The van der Waals surface area contributed by atoms with Crippen LogP contribution in [0, 0.1) is 0 Å². The van der Waals surface area contributed by atoms with E-state index in [0.717, 1.165) is 17.9 Å². The number of para-hydroxylation sites is 2. The van der Waals surface area contributed by atoms with Gasteiger partial charge in [0, 0.05) is 25.0 Å². The minimum Gasteiger partial charge on any atom is -0.385 e. The van der Waals surface area contributed by atoms with Crippen molar-refractivity contribution in [3.05, 3.63) is 60.2 Å². The molecule has 2 rings (SSSR count). The molecule has 2 aromatic rings. The molecule has 19 heavy (non-hydrogen) atoms. The van der Waals surface area contributed by atoms with Gasteiger partial charge in [-0.05, 0) is 31.2 Å². The Morgan fingerprint density at radius 2 is 1.68 bits per heavy atom. The largest absolute Gasteiger partial charge is 0.385 e. The van der Waals surface area contributed by atoms with E-state index in [9.17, 15) is 4.79 Å². The molecule has 0 fully saturated rings. The molecule has 0 aliphatic carbocycles. The van der Waals surface area contributed by atoms with E-state index in [-0.39, 0.29) is 5.91 Å². The number of rotatable bonds is 4. The molecule has 98 valence electrons. The van der Waals surface area contributed by atoms with Gasteiger partial charge < -0.3 is 10.2 Å². The monoisotopic (exact) mass is 254 g/mol. The van der Waals surface area contributed by atoms with Gasteiger partial charge in [0.25, 0.3) is 5.91 Å². The van der Waals surface area contributed by atoms with Gasteiger partial charge in [-0.2, -0.15) is 0 Å². The van der Waals surface area contributed by atoms with E-state index in [1.165, 1.54) is 0 Å². The second-order valence-corrected chi connectivity index (χ2v) is 4.28. The molecule has 2 aromatic carbocycles. The van der Waals surface area contributed by atoms with Crippen molar-refractivity contribution in [2.24, 2.45) is 0 Å². The Balaban J connectivity index is 2.29. The number of nitrogens with zero attached hydrogens (tertiary/aromatic N) is 1. The molecule has 0 saturated carbocycles. The van der Waals surface area contributed by atoms with Crippen LogP contribution in [0.1, 0.15) is 17.3 Å². The molecular formula is C16H18N2O. The van der Waals surface area contributed by atoms with Crippen LogP contribution in [0.25, 0.3) is 0 Å². The number of nitrogens with one attached hydrogen (secondary N) is 1. The summed E-state index contributed by atoms with van der Waals surface area (Å²) in [6, 6.07) is 17.2. The first-order valence-electron chi connectivity index (χ1n) is 6.40. The summed E-state index contributed by atoms with van der Waals surface area (Å²) in [6.45, 7) is 2.81. The number of hydrogen-bond acceptors (Lipinski definition) is 2. The highest BCUT2D eigenvalue weighted by Crippen LogP contribution is 2.20. The zero-order valence-corrected chi connectivity index (χ0v) is 11.3.